The number of methoxy groups -OCH3 is 1. The zero-order valence-electron chi connectivity index (χ0n) is 16.1. The number of piperidine rings is 1. The van der Waals surface area contributed by atoms with Crippen LogP contribution in [0.25, 0.3) is 0 Å². The van der Waals surface area contributed by atoms with Gasteiger partial charge < -0.3 is 14.5 Å². The lowest BCUT2D eigenvalue weighted by molar-refractivity contribution is -0.136. The largest absolute Gasteiger partial charge is 0.375 e. The molecule has 2 aliphatic rings. The van der Waals surface area contributed by atoms with Crippen LogP contribution in [0, 0.1) is 5.92 Å². The summed E-state index contributed by atoms with van der Waals surface area (Å²) >= 11 is 0. The lowest BCUT2D eigenvalue weighted by Crippen LogP contribution is -2.47. The predicted molar refractivity (Wildman–Crippen MR) is 103 cm³/mol. The van der Waals surface area contributed by atoms with Crippen molar-refractivity contribution in [2.24, 2.45) is 5.92 Å². The average molecular weight is 360 g/mol. The van der Waals surface area contributed by atoms with E-state index in [1.165, 1.54) is 51.5 Å². The molecule has 5 nitrogen and oxygen atoms in total. The molecule has 1 aromatic rings. The van der Waals surface area contributed by atoms with Crippen LogP contribution in [0.5, 0.6) is 0 Å². The number of carbonyl (C=O) groups excluding carboxylic acids is 1. The van der Waals surface area contributed by atoms with Crippen molar-refractivity contribution >= 4 is 5.91 Å². The second-order valence-corrected chi connectivity index (χ2v) is 7.86. The monoisotopic (exact) mass is 359 g/mol. The average Bonchev–Trinajstić information content (AvgIpc) is 2.69. The highest BCUT2D eigenvalue weighted by Gasteiger charge is 2.29. The number of nitrogens with zero attached hydrogens (tertiary/aromatic N) is 3. The molecular weight excluding hydrogens is 326 g/mol. The number of ether oxygens (including phenoxy) is 1. The van der Waals surface area contributed by atoms with Crippen LogP contribution in [0.1, 0.15) is 50.5 Å². The zero-order chi connectivity index (χ0) is 18.2. The number of rotatable bonds is 7. The van der Waals surface area contributed by atoms with Gasteiger partial charge in [-0.2, -0.15) is 0 Å². The molecular formula is C21H33N3O2. The van der Waals surface area contributed by atoms with Gasteiger partial charge in [0, 0.05) is 45.2 Å². The highest BCUT2D eigenvalue weighted by Crippen LogP contribution is 2.27. The molecule has 0 radical (unpaired) electrons. The first-order chi connectivity index (χ1) is 12.8. The minimum Gasteiger partial charge on any atom is -0.375 e. The molecule has 0 unspecified atom stereocenters. The fourth-order valence-corrected chi connectivity index (χ4v) is 4.52. The molecule has 1 aliphatic carbocycles. The summed E-state index contributed by atoms with van der Waals surface area (Å²) in [5, 5.41) is 0. The normalized spacial score (nSPS) is 22.3. The molecule has 1 aromatic heterocycles. The van der Waals surface area contributed by atoms with Gasteiger partial charge in [-0.3, -0.25) is 9.78 Å². The van der Waals surface area contributed by atoms with Crippen molar-refractivity contribution in [1.29, 1.82) is 0 Å². The standard InChI is InChI=1S/C21H33N3O2/c1-26-17-21(25)24(14-18-7-5-11-22-13-18)16-19-8-6-12-23(15-19)20-9-3-2-4-10-20/h5,7,11,13,19-20H,2-4,6,8-10,12,14-17H2,1H3/t19-/m1/s1. The Labute approximate surface area is 157 Å². The summed E-state index contributed by atoms with van der Waals surface area (Å²) in [6.45, 7) is 3.96. The number of hydrogen-bond donors (Lipinski definition) is 0. The van der Waals surface area contributed by atoms with Crippen LogP contribution in [0.4, 0.5) is 0 Å². The van der Waals surface area contributed by atoms with Crippen molar-refractivity contribution < 1.29 is 9.53 Å². The number of pyridine rings is 1. The van der Waals surface area contributed by atoms with Crippen LogP contribution < -0.4 is 0 Å². The van der Waals surface area contributed by atoms with Crippen LogP contribution in [-0.2, 0) is 16.1 Å². The lowest BCUT2D eigenvalue weighted by atomic mass is 9.90. The van der Waals surface area contributed by atoms with E-state index in [-0.39, 0.29) is 12.5 Å². The maximum Gasteiger partial charge on any atom is 0.248 e. The summed E-state index contributed by atoms with van der Waals surface area (Å²) in [7, 11) is 1.59. The first kappa shape index (κ1) is 19.3. The fraction of sp³-hybridized carbons (Fsp3) is 0.714. The third-order valence-corrected chi connectivity index (χ3v) is 5.84. The summed E-state index contributed by atoms with van der Waals surface area (Å²) in [6.07, 6.45) is 13.0. The Kier molecular flexibility index (Phi) is 7.44. The smallest absolute Gasteiger partial charge is 0.248 e. The molecule has 26 heavy (non-hydrogen) atoms. The third kappa shape index (κ3) is 5.52. The lowest BCUT2D eigenvalue weighted by Gasteiger charge is -2.41. The Morgan fingerprint density at radius 1 is 1.27 bits per heavy atom. The predicted octanol–water partition coefficient (Wildman–Crippen LogP) is 3.10. The Hall–Kier alpha value is -1.46. The SMILES string of the molecule is COCC(=O)N(Cc1cccnc1)C[C@@H]1CCCN(C2CCCCC2)C1. The molecule has 0 N–H and O–H groups in total. The van der Waals surface area contributed by atoms with Gasteiger partial charge in [-0.05, 0) is 49.8 Å². The molecule has 0 spiro atoms. The minimum atomic E-state index is 0.0751. The van der Waals surface area contributed by atoms with Crippen LogP contribution in [0.2, 0.25) is 0 Å². The van der Waals surface area contributed by atoms with Crippen molar-refractivity contribution in [1.82, 2.24) is 14.8 Å². The van der Waals surface area contributed by atoms with Gasteiger partial charge in [-0.15, -0.1) is 0 Å². The highest BCUT2D eigenvalue weighted by atomic mass is 16.5. The van der Waals surface area contributed by atoms with Gasteiger partial charge in [-0.1, -0.05) is 25.3 Å². The van der Waals surface area contributed by atoms with E-state index in [0.29, 0.717) is 12.5 Å². The van der Waals surface area contributed by atoms with Crippen molar-refractivity contribution in [3.8, 4) is 0 Å². The van der Waals surface area contributed by atoms with Crippen molar-refractivity contribution in [3.63, 3.8) is 0 Å². The van der Waals surface area contributed by atoms with E-state index in [9.17, 15) is 4.79 Å². The van der Waals surface area contributed by atoms with Crippen LogP contribution in [-0.4, -0.2) is 60.1 Å². The molecule has 1 saturated heterocycles. The maximum atomic E-state index is 12.6. The van der Waals surface area contributed by atoms with E-state index in [1.807, 2.05) is 23.2 Å². The summed E-state index contributed by atoms with van der Waals surface area (Å²) < 4.78 is 5.11. The Balaban J connectivity index is 1.60. The molecule has 1 aliphatic heterocycles. The van der Waals surface area contributed by atoms with Gasteiger partial charge in [0.05, 0.1) is 0 Å². The molecule has 1 saturated carbocycles. The number of carbonyl (C=O) groups is 1. The van der Waals surface area contributed by atoms with E-state index >= 15 is 0 Å². The second kappa shape index (κ2) is 10.0. The Morgan fingerprint density at radius 3 is 2.85 bits per heavy atom. The second-order valence-electron chi connectivity index (χ2n) is 7.86. The Morgan fingerprint density at radius 2 is 2.12 bits per heavy atom. The molecule has 0 aromatic carbocycles. The number of amides is 1. The van der Waals surface area contributed by atoms with Gasteiger partial charge in [0.25, 0.3) is 0 Å². The van der Waals surface area contributed by atoms with Crippen molar-refractivity contribution in [3.05, 3.63) is 30.1 Å². The summed E-state index contributed by atoms with van der Waals surface area (Å²) in [5.41, 5.74) is 1.08. The first-order valence-electron chi connectivity index (χ1n) is 10.2. The van der Waals surface area contributed by atoms with Crippen molar-refractivity contribution in [2.75, 3.05) is 33.4 Å². The topological polar surface area (TPSA) is 45.7 Å². The molecule has 1 amide bonds. The first-order valence-corrected chi connectivity index (χ1v) is 10.2. The van der Waals surface area contributed by atoms with Crippen LogP contribution >= 0.6 is 0 Å². The van der Waals surface area contributed by atoms with Gasteiger partial charge in [0.15, 0.2) is 0 Å². The number of aromatic nitrogens is 1. The van der Waals surface area contributed by atoms with Crippen LogP contribution in [0.3, 0.4) is 0 Å². The van der Waals surface area contributed by atoms with Gasteiger partial charge in [0.1, 0.15) is 6.61 Å². The van der Waals surface area contributed by atoms with E-state index in [2.05, 4.69) is 9.88 Å². The number of likely N-dealkylation sites (tertiary alicyclic amines) is 1. The number of hydrogen-bond acceptors (Lipinski definition) is 4. The van der Waals surface area contributed by atoms with E-state index in [1.54, 1.807) is 13.3 Å². The maximum absolute atomic E-state index is 12.6. The molecule has 0 bridgehead atoms. The zero-order valence-corrected chi connectivity index (χ0v) is 16.1. The van der Waals surface area contributed by atoms with E-state index in [4.69, 9.17) is 4.74 Å². The Bertz CT molecular complexity index is 545. The van der Waals surface area contributed by atoms with Gasteiger partial charge in [-0.25, -0.2) is 0 Å². The molecule has 3 rings (SSSR count). The molecule has 5 heteroatoms. The molecule has 2 fully saturated rings. The van der Waals surface area contributed by atoms with Crippen LogP contribution in [0.15, 0.2) is 24.5 Å². The van der Waals surface area contributed by atoms with Gasteiger partial charge in [0.2, 0.25) is 5.91 Å². The molecule has 1 atom stereocenters. The minimum absolute atomic E-state index is 0.0751. The van der Waals surface area contributed by atoms with E-state index in [0.717, 1.165) is 24.7 Å². The molecule has 2 heterocycles. The van der Waals surface area contributed by atoms with Crippen molar-refractivity contribution in [2.45, 2.75) is 57.5 Å². The summed E-state index contributed by atoms with van der Waals surface area (Å²) in [4.78, 5) is 21.4. The summed E-state index contributed by atoms with van der Waals surface area (Å²) in [5.74, 6) is 0.634. The summed E-state index contributed by atoms with van der Waals surface area (Å²) in [6, 6.07) is 4.74. The third-order valence-electron chi connectivity index (χ3n) is 5.84. The quantitative estimate of drug-likeness (QED) is 0.750. The van der Waals surface area contributed by atoms with Gasteiger partial charge >= 0.3 is 0 Å². The van der Waals surface area contributed by atoms with E-state index < -0.39 is 0 Å². The highest BCUT2D eigenvalue weighted by molar-refractivity contribution is 5.77. The fourth-order valence-electron chi connectivity index (χ4n) is 4.52. The molecule has 144 valence electrons.